The quantitative estimate of drug-likeness (QED) is 0.761. The lowest BCUT2D eigenvalue weighted by molar-refractivity contribution is -0.175. The summed E-state index contributed by atoms with van der Waals surface area (Å²) in [5.74, 6) is 0.423. The van der Waals surface area contributed by atoms with Gasteiger partial charge in [0, 0.05) is 6.54 Å². The molecule has 20 heavy (non-hydrogen) atoms. The number of hydrogen-bond donors (Lipinski definition) is 1. The van der Waals surface area contributed by atoms with Crippen LogP contribution in [0.3, 0.4) is 0 Å². The highest BCUT2D eigenvalue weighted by Gasteiger charge is 2.58. The van der Waals surface area contributed by atoms with Crippen LogP contribution in [0.25, 0.3) is 0 Å². The standard InChI is InChI=1S/C13H21F3N2O2/c1-9(2)7-10-17-12(3-4-12)11(19)18(10)5-6-20-8-13(14,15)16/h9-10,17H,3-8H2,1-2H3. The minimum absolute atomic E-state index is 0.0127. The number of halogens is 3. The first kappa shape index (κ1) is 15.6. The van der Waals surface area contributed by atoms with Crippen molar-refractivity contribution in [2.75, 3.05) is 19.8 Å². The normalized spacial score (nSPS) is 25.0. The predicted octanol–water partition coefficient (Wildman–Crippen LogP) is 1.90. The van der Waals surface area contributed by atoms with Crippen molar-refractivity contribution in [2.45, 2.75) is 51.0 Å². The van der Waals surface area contributed by atoms with Gasteiger partial charge >= 0.3 is 6.18 Å². The molecule has 0 radical (unpaired) electrons. The van der Waals surface area contributed by atoms with E-state index in [0.717, 1.165) is 19.3 Å². The minimum atomic E-state index is -4.32. The van der Waals surface area contributed by atoms with Gasteiger partial charge < -0.3 is 9.64 Å². The second kappa shape index (κ2) is 5.52. The second-order valence-corrected chi connectivity index (χ2v) is 6.04. The Morgan fingerprint density at radius 1 is 1.45 bits per heavy atom. The fourth-order valence-corrected chi connectivity index (χ4v) is 2.60. The minimum Gasteiger partial charge on any atom is -0.370 e. The second-order valence-electron chi connectivity index (χ2n) is 6.04. The van der Waals surface area contributed by atoms with Crippen molar-refractivity contribution in [1.82, 2.24) is 10.2 Å². The SMILES string of the molecule is CC(C)CC1NC2(CC2)C(=O)N1CCOCC(F)(F)F. The number of nitrogens with one attached hydrogen (secondary N) is 1. The molecule has 0 aromatic rings. The van der Waals surface area contributed by atoms with Crippen LogP contribution in [0.1, 0.15) is 33.1 Å². The largest absolute Gasteiger partial charge is 0.411 e. The molecule has 0 aromatic carbocycles. The van der Waals surface area contributed by atoms with Crippen LogP contribution in [0.5, 0.6) is 0 Å². The van der Waals surface area contributed by atoms with E-state index < -0.39 is 18.3 Å². The zero-order chi connectivity index (χ0) is 15.0. The van der Waals surface area contributed by atoms with E-state index in [2.05, 4.69) is 23.9 Å². The van der Waals surface area contributed by atoms with E-state index >= 15 is 0 Å². The summed E-state index contributed by atoms with van der Waals surface area (Å²) in [6.45, 7) is 2.98. The number of carbonyl (C=O) groups is 1. The van der Waals surface area contributed by atoms with Crippen molar-refractivity contribution in [1.29, 1.82) is 0 Å². The molecule has 1 unspecified atom stereocenters. The Balaban J connectivity index is 1.85. The van der Waals surface area contributed by atoms with Crippen molar-refractivity contribution < 1.29 is 22.7 Å². The van der Waals surface area contributed by atoms with Crippen LogP contribution >= 0.6 is 0 Å². The average molecular weight is 294 g/mol. The van der Waals surface area contributed by atoms with E-state index in [1.807, 2.05) is 0 Å². The summed E-state index contributed by atoms with van der Waals surface area (Å²) >= 11 is 0. The Morgan fingerprint density at radius 2 is 2.10 bits per heavy atom. The third kappa shape index (κ3) is 3.63. The Kier molecular flexibility index (Phi) is 4.30. The Bertz CT molecular complexity index is 367. The van der Waals surface area contributed by atoms with Crippen LogP contribution in [-0.2, 0) is 9.53 Å². The maximum Gasteiger partial charge on any atom is 0.411 e. The van der Waals surface area contributed by atoms with Gasteiger partial charge in [0.1, 0.15) is 6.61 Å². The highest BCUT2D eigenvalue weighted by atomic mass is 19.4. The van der Waals surface area contributed by atoms with E-state index in [0.29, 0.717) is 5.92 Å². The fourth-order valence-electron chi connectivity index (χ4n) is 2.60. The highest BCUT2D eigenvalue weighted by molar-refractivity contribution is 5.91. The summed E-state index contributed by atoms with van der Waals surface area (Å²) in [5, 5.41) is 3.33. The Hall–Kier alpha value is -0.820. The zero-order valence-corrected chi connectivity index (χ0v) is 11.8. The molecule has 1 saturated carbocycles. The van der Waals surface area contributed by atoms with Gasteiger partial charge in [0.15, 0.2) is 0 Å². The van der Waals surface area contributed by atoms with Gasteiger partial charge in [-0.3, -0.25) is 10.1 Å². The van der Waals surface area contributed by atoms with Gasteiger partial charge in [-0.25, -0.2) is 0 Å². The average Bonchev–Trinajstić information content (AvgIpc) is 3.01. The first-order chi connectivity index (χ1) is 9.23. The molecule has 2 rings (SSSR count). The number of amides is 1. The van der Waals surface area contributed by atoms with Gasteiger partial charge in [-0.2, -0.15) is 13.2 Å². The number of ether oxygens (including phenoxy) is 1. The van der Waals surface area contributed by atoms with Gasteiger partial charge in [0.05, 0.1) is 18.3 Å². The molecule has 1 N–H and O–H groups in total. The van der Waals surface area contributed by atoms with Gasteiger partial charge in [0.25, 0.3) is 0 Å². The van der Waals surface area contributed by atoms with Gasteiger partial charge in [0.2, 0.25) is 5.91 Å². The lowest BCUT2D eigenvalue weighted by atomic mass is 10.1. The van der Waals surface area contributed by atoms with E-state index in [4.69, 9.17) is 0 Å². The summed E-state index contributed by atoms with van der Waals surface area (Å²) in [4.78, 5) is 13.9. The smallest absolute Gasteiger partial charge is 0.370 e. The predicted molar refractivity (Wildman–Crippen MR) is 66.9 cm³/mol. The van der Waals surface area contributed by atoms with Crippen LogP contribution in [0.15, 0.2) is 0 Å². The molecule has 7 heteroatoms. The molecule has 1 amide bonds. The Labute approximate surface area is 116 Å². The molecule has 0 bridgehead atoms. The molecule has 1 spiro atoms. The number of carbonyl (C=O) groups excluding carboxylic acids is 1. The number of rotatable bonds is 6. The molecule has 116 valence electrons. The van der Waals surface area contributed by atoms with Crippen molar-refractivity contribution in [3.63, 3.8) is 0 Å². The molecular formula is C13H21F3N2O2. The van der Waals surface area contributed by atoms with E-state index in [1.54, 1.807) is 4.90 Å². The third-order valence-electron chi connectivity index (χ3n) is 3.68. The lowest BCUT2D eigenvalue weighted by Crippen LogP contribution is -2.40. The number of hydrogen-bond acceptors (Lipinski definition) is 3. The highest BCUT2D eigenvalue weighted by Crippen LogP contribution is 2.42. The summed E-state index contributed by atoms with van der Waals surface area (Å²) in [6.07, 6.45) is -1.96. The summed E-state index contributed by atoms with van der Waals surface area (Å²) in [6, 6.07) is 0. The Morgan fingerprint density at radius 3 is 2.60 bits per heavy atom. The molecule has 1 aliphatic carbocycles. The molecule has 1 heterocycles. The third-order valence-corrected chi connectivity index (χ3v) is 3.68. The first-order valence-corrected chi connectivity index (χ1v) is 6.97. The molecular weight excluding hydrogens is 273 g/mol. The molecule has 2 fully saturated rings. The van der Waals surface area contributed by atoms with Crippen molar-refractivity contribution in [3.05, 3.63) is 0 Å². The molecule has 1 atom stereocenters. The summed E-state index contributed by atoms with van der Waals surface area (Å²) in [5.41, 5.74) is -0.427. The maximum absolute atomic E-state index is 12.3. The lowest BCUT2D eigenvalue weighted by Gasteiger charge is -2.25. The van der Waals surface area contributed by atoms with Crippen LogP contribution in [0, 0.1) is 5.92 Å². The molecule has 2 aliphatic rings. The van der Waals surface area contributed by atoms with Crippen LogP contribution in [0.4, 0.5) is 13.2 Å². The van der Waals surface area contributed by atoms with E-state index in [-0.39, 0.29) is 25.2 Å². The monoisotopic (exact) mass is 294 g/mol. The van der Waals surface area contributed by atoms with Crippen molar-refractivity contribution in [2.24, 2.45) is 5.92 Å². The topological polar surface area (TPSA) is 41.6 Å². The van der Waals surface area contributed by atoms with E-state index in [1.165, 1.54) is 0 Å². The van der Waals surface area contributed by atoms with Gasteiger partial charge in [-0.05, 0) is 25.2 Å². The maximum atomic E-state index is 12.3. The van der Waals surface area contributed by atoms with Crippen LogP contribution < -0.4 is 5.32 Å². The van der Waals surface area contributed by atoms with Crippen molar-refractivity contribution in [3.8, 4) is 0 Å². The van der Waals surface area contributed by atoms with Crippen molar-refractivity contribution >= 4 is 5.91 Å². The van der Waals surface area contributed by atoms with Gasteiger partial charge in [-0.1, -0.05) is 13.8 Å². The fraction of sp³-hybridized carbons (Fsp3) is 0.923. The van der Waals surface area contributed by atoms with Crippen LogP contribution in [-0.4, -0.2) is 48.4 Å². The summed E-state index contributed by atoms with van der Waals surface area (Å²) < 4.78 is 40.6. The van der Waals surface area contributed by atoms with Crippen LogP contribution in [0.2, 0.25) is 0 Å². The summed E-state index contributed by atoms with van der Waals surface area (Å²) in [7, 11) is 0. The number of alkyl halides is 3. The molecule has 4 nitrogen and oxygen atoms in total. The zero-order valence-electron chi connectivity index (χ0n) is 11.8. The van der Waals surface area contributed by atoms with Gasteiger partial charge in [-0.15, -0.1) is 0 Å². The molecule has 1 aliphatic heterocycles. The molecule has 0 aromatic heterocycles. The number of nitrogens with zero attached hydrogens (tertiary/aromatic N) is 1. The molecule has 1 saturated heterocycles. The van der Waals surface area contributed by atoms with E-state index in [9.17, 15) is 18.0 Å². The first-order valence-electron chi connectivity index (χ1n) is 6.97.